The molecule has 0 N–H and O–H groups in total. The lowest BCUT2D eigenvalue weighted by Gasteiger charge is -2.34. The number of aromatic nitrogens is 1. The van der Waals surface area contributed by atoms with Crippen molar-refractivity contribution in [1.82, 2.24) is 14.2 Å². The zero-order valence-electron chi connectivity index (χ0n) is 17.6. The summed E-state index contributed by atoms with van der Waals surface area (Å²) in [6.07, 6.45) is 0.307. The predicted molar refractivity (Wildman–Crippen MR) is 123 cm³/mol. The topological polar surface area (TPSA) is 70.6 Å². The van der Waals surface area contributed by atoms with Crippen LogP contribution in [0.2, 0.25) is 0 Å². The minimum absolute atomic E-state index is 0.0182. The van der Waals surface area contributed by atoms with Gasteiger partial charge in [0.1, 0.15) is 0 Å². The maximum atomic E-state index is 12.8. The van der Waals surface area contributed by atoms with E-state index in [1.807, 2.05) is 43.5 Å². The molecule has 6 nitrogen and oxygen atoms in total. The molecular formula is C23H25N3O3S2. The number of benzene rings is 2. The Morgan fingerprint density at radius 1 is 0.968 bits per heavy atom. The van der Waals surface area contributed by atoms with E-state index in [0.717, 1.165) is 27.4 Å². The number of hydrogen-bond acceptors (Lipinski definition) is 5. The number of thiazole rings is 1. The molecule has 2 aromatic carbocycles. The third-order valence-corrected chi connectivity index (χ3v) is 8.16. The van der Waals surface area contributed by atoms with Gasteiger partial charge in [-0.3, -0.25) is 4.79 Å². The fraction of sp³-hybridized carbons (Fsp3) is 0.304. The quantitative estimate of drug-likeness (QED) is 0.590. The molecule has 1 aliphatic heterocycles. The van der Waals surface area contributed by atoms with Crippen molar-refractivity contribution in [2.45, 2.75) is 25.2 Å². The molecule has 2 heterocycles. The van der Waals surface area contributed by atoms with Gasteiger partial charge >= 0.3 is 0 Å². The molecule has 3 aromatic rings. The molecule has 0 bridgehead atoms. The van der Waals surface area contributed by atoms with Gasteiger partial charge < -0.3 is 4.90 Å². The third kappa shape index (κ3) is 4.87. The summed E-state index contributed by atoms with van der Waals surface area (Å²) in [7, 11) is -3.53. The lowest BCUT2D eigenvalue weighted by Crippen LogP contribution is -2.50. The van der Waals surface area contributed by atoms with Crippen LogP contribution in [0.4, 0.5) is 0 Å². The Hall–Kier alpha value is -2.55. The van der Waals surface area contributed by atoms with E-state index in [2.05, 4.69) is 4.98 Å². The number of rotatable bonds is 5. The average molecular weight is 456 g/mol. The molecule has 162 valence electrons. The summed E-state index contributed by atoms with van der Waals surface area (Å²) >= 11 is 1.62. The molecule has 1 aromatic heterocycles. The highest BCUT2D eigenvalue weighted by Crippen LogP contribution is 2.22. The number of piperazine rings is 1. The van der Waals surface area contributed by atoms with Crippen LogP contribution >= 0.6 is 11.3 Å². The molecule has 4 rings (SSSR count). The van der Waals surface area contributed by atoms with Crippen molar-refractivity contribution >= 4 is 27.3 Å². The monoisotopic (exact) mass is 455 g/mol. The van der Waals surface area contributed by atoms with Crippen molar-refractivity contribution in [3.05, 3.63) is 70.0 Å². The van der Waals surface area contributed by atoms with Gasteiger partial charge in [-0.05, 0) is 31.5 Å². The Kier molecular flexibility index (Phi) is 6.22. The highest BCUT2D eigenvalue weighted by Gasteiger charge is 2.30. The predicted octanol–water partition coefficient (Wildman–Crippen LogP) is 3.50. The van der Waals surface area contributed by atoms with E-state index in [1.165, 1.54) is 4.31 Å². The minimum Gasteiger partial charge on any atom is -0.340 e. The Bertz CT molecular complexity index is 1160. The van der Waals surface area contributed by atoms with E-state index in [-0.39, 0.29) is 5.91 Å². The largest absolute Gasteiger partial charge is 0.340 e. The summed E-state index contributed by atoms with van der Waals surface area (Å²) in [5, 5.41) is 3.05. The Balaban J connectivity index is 1.34. The fourth-order valence-corrected chi connectivity index (χ4v) is 5.66. The van der Waals surface area contributed by atoms with Gasteiger partial charge in [-0.15, -0.1) is 11.3 Å². The Labute approximate surface area is 187 Å². The summed E-state index contributed by atoms with van der Waals surface area (Å²) < 4.78 is 27.1. The van der Waals surface area contributed by atoms with Crippen LogP contribution in [-0.2, 0) is 21.2 Å². The van der Waals surface area contributed by atoms with Crippen molar-refractivity contribution in [3.8, 4) is 11.3 Å². The van der Waals surface area contributed by atoms with Crippen LogP contribution in [0.25, 0.3) is 11.3 Å². The van der Waals surface area contributed by atoms with Crippen LogP contribution in [-0.4, -0.2) is 54.7 Å². The normalized spacial score (nSPS) is 15.2. The number of hydrogen-bond donors (Lipinski definition) is 0. The number of carbonyl (C=O) groups is 1. The SMILES string of the molecule is Cc1ccc(S(=O)(=O)N2CCN(C(=O)Cc3ccc(-c4csc(C)n4)cc3)CC2)cc1. The first-order chi connectivity index (χ1) is 14.8. The van der Waals surface area contributed by atoms with E-state index in [9.17, 15) is 13.2 Å². The number of aryl methyl sites for hydroxylation is 2. The van der Waals surface area contributed by atoms with Gasteiger partial charge in [0.2, 0.25) is 15.9 Å². The second kappa shape index (κ2) is 8.90. The van der Waals surface area contributed by atoms with E-state index in [0.29, 0.717) is 37.5 Å². The second-order valence-corrected chi connectivity index (χ2v) is 10.7. The van der Waals surface area contributed by atoms with E-state index in [1.54, 1.807) is 40.5 Å². The molecule has 0 spiro atoms. The summed E-state index contributed by atoms with van der Waals surface area (Å²) in [5.41, 5.74) is 3.95. The molecule has 0 aliphatic carbocycles. The van der Waals surface area contributed by atoms with E-state index in [4.69, 9.17) is 0 Å². The maximum Gasteiger partial charge on any atom is 0.243 e. The van der Waals surface area contributed by atoms with Gasteiger partial charge in [-0.25, -0.2) is 13.4 Å². The number of carbonyl (C=O) groups excluding carboxylic acids is 1. The van der Waals surface area contributed by atoms with Crippen LogP contribution in [0.3, 0.4) is 0 Å². The Morgan fingerprint density at radius 2 is 1.61 bits per heavy atom. The number of amides is 1. The van der Waals surface area contributed by atoms with Gasteiger partial charge in [-0.2, -0.15) is 4.31 Å². The second-order valence-electron chi connectivity index (χ2n) is 7.72. The van der Waals surface area contributed by atoms with Crippen LogP contribution in [0.15, 0.2) is 58.8 Å². The number of sulfonamides is 1. The molecule has 1 saturated heterocycles. The average Bonchev–Trinajstić information content (AvgIpc) is 3.21. The van der Waals surface area contributed by atoms with Gasteiger partial charge in [0.25, 0.3) is 0 Å². The summed E-state index contributed by atoms with van der Waals surface area (Å²) in [6, 6.07) is 14.8. The lowest BCUT2D eigenvalue weighted by atomic mass is 10.1. The van der Waals surface area contributed by atoms with E-state index >= 15 is 0 Å². The van der Waals surface area contributed by atoms with Crippen LogP contribution < -0.4 is 0 Å². The van der Waals surface area contributed by atoms with Crippen molar-refractivity contribution < 1.29 is 13.2 Å². The van der Waals surface area contributed by atoms with Crippen LogP contribution in [0, 0.1) is 13.8 Å². The zero-order valence-corrected chi connectivity index (χ0v) is 19.2. The summed E-state index contributed by atoms with van der Waals surface area (Å²) in [4.78, 5) is 19.3. The lowest BCUT2D eigenvalue weighted by molar-refractivity contribution is -0.131. The highest BCUT2D eigenvalue weighted by atomic mass is 32.2. The molecule has 8 heteroatoms. The molecule has 31 heavy (non-hydrogen) atoms. The fourth-order valence-electron chi connectivity index (χ4n) is 3.61. The van der Waals surface area contributed by atoms with Gasteiger partial charge in [-0.1, -0.05) is 42.0 Å². The van der Waals surface area contributed by atoms with E-state index < -0.39 is 10.0 Å². The molecule has 0 saturated carbocycles. The van der Waals surface area contributed by atoms with Crippen LogP contribution in [0.1, 0.15) is 16.1 Å². The molecule has 1 aliphatic rings. The standard InChI is InChI=1S/C23H25N3O3S2/c1-17-3-9-21(10-4-17)31(28,29)26-13-11-25(12-14-26)23(27)15-19-5-7-20(8-6-19)22-16-30-18(2)24-22/h3-10,16H,11-15H2,1-2H3. The molecule has 1 fully saturated rings. The van der Waals surface area contributed by atoms with Crippen molar-refractivity contribution in [2.24, 2.45) is 0 Å². The molecule has 0 radical (unpaired) electrons. The summed E-state index contributed by atoms with van der Waals surface area (Å²) in [6.45, 7) is 5.33. The summed E-state index contributed by atoms with van der Waals surface area (Å²) in [5.74, 6) is 0.0182. The minimum atomic E-state index is -3.53. The van der Waals surface area contributed by atoms with Crippen LogP contribution in [0.5, 0.6) is 0 Å². The van der Waals surface area contributed by atoms with Crippen molar-refractivity contribution in [1.29, 1.82) is 0 Å². The first-order valence-corrected chi connectivity index (χ1v) is 12.5. The first kappa shape index (κ1) is 21.7. The maximum absolute atomic E-state index is 12.8. The molecule has 1 amide bonds. The first-order valence-electron chi connectivity index (χ1n) is 10.2. The van der Waals surface area contributed by atoms with Crippen molar-refractivity contribution in [3.63, 3.8) is 0 Å². The zero-order chi connectivity index (χ0) is 22.0. The van der Waals surface area contributed by atoms with Gasteiger partial charge in [0.15, 0.2) is 0 Å². The highest BCUT2D eigenvalue weighted by molar-refractivity contribution is 7.89. The molecule has 0 unspecified atom stereocenters. The third-order valence-electron chi connectivity index (χ3n) is 5.47. The Morgan fingerprint density at radius 3 is 2.19 bits per heavy atom. The number of nitrogens with zero attached hydrogens (tertiary/aromatic N) is 3. The van der Waals surface area contributed by atoms with Crippen molar-refractivity contribution in [2.75, 3.05) is 26.2 Å². The molecular weight excluding hydrogens is 430 g/mol. The molecule has 0 atom stereocenters. The smallest absolute Gasteiger partial charge is 0.243 e. The van der Waals surface area contributed by atoms with Gasteiger partial charge in [0.05, 0.1) is 22.0 Å². The van der Waals surface area contributed by atoms with Gasteiger partial charge in [0, 0.05) is 37.1 Å².